The van der Waals surface area contributed by atoms with Gasteiger partial charge in [-0.15, -0.1) is 16.3 Å². The molecule has 0 saturated carbocycles. The van der Waals surface area contributed by atoms with Crippen LogP contribution >= 0.6 is 11.3 Å². The summed E-state index contributed by atoms with van der Waals surface area (Å²) < 4.78 is 10.6. The van der Waals surface area contributed by atoms with E-state index in [9.17, 15) is 9.59 Å². The predicted molar refractivity (Wildman–Crippen MR) is 116 cm³/mol. The number of alkyl carbamates (subject to hydrolysis) is 1. The van der Waals surface area contributed by atoms with Gasteiger partial charge in [-0.05, 0) is 65.7 Å². The molecule has 0 radical (unpaired) electrons. The highest BCUT2D eigenvalue weighted by atomic mass is 32.1. The predicted octanol–water partition coefficient (Wildman–Crippen LogP) is 4.24. The number of guanidine groups is 1. The fourth-order valence-electron chi connectivity index (χ4n) is 2.55. The summed E-state index contributed by atoms with van der Waals surface area (Å²) in [5.41, 5.74) is 5.64. The molecule has 0 unspecified atom stereocenters. The Morgan fingerprint density at radius 1 is 1.14 bits per heavy atom. The first-order chi connectivity index (χ1) is 13.3. The van der Waals surface area contributed by atoms with E-state index in [0.29, 0.717) is 13.1 Å². The first-order valence-corrected chi connectivity index (χ1v) is 10.3. The van der Waals surface area contributed by atoms with Crippen LogP contribution in [0.3, 0.4) is 0 Å². The number of carbonyl (C=O) groups excluding carboxylic acids is 2. The zero-order chi connectivity index (χ0) is 21.8. The highest BCUT2D eigenvalue weighted by Gasteiger charge is 2.24. The summed E-state index contributed by atoms with van der Waals surface area (Å²) in [6.07, 6.45) is 1.31. The number of hydrogen-bond acceptors (Lipinski definition) is 6. The summed E-state index contributed by atoms with van der Waals surface area (Å²) in [4.78, 5) is 31.4. The summed E-state index contributed by atoms with van der Waals surface area (Å²) in [6.45, 7) is 11.6. The maximum atomic E-state index is 12.2. The number of hydrogen-bond donors (Lipinski definition) is 2. The van der Waals surface area contributed by atoms with Crippen LogP contribution in [0.4, 0.5) is 14.6 Å². The smallest absolute Gasteiger partial charge is 0.437 e. The minimum absolute atomic E-state index is 0.106. The van der Waals surface area contributed by atoms with Gasteiger partial charge in [-0.1, -0.05) is 6.08 Å². The van der Waals surface area contributed by atoms with Crippen LogP contribution in [0.5, 0.6) is 0 Å². The van der Waals surface area contributed by atoms with Crippen LogP contribution in [0.2, 0.25) is 0 Å². The lowest BCUT2D eigenvalue weighted by molar-refractivity contribution is 0.0555. The number of rotatable bonds is 1. The summed E-state index contributed by atoms with van der Waals surface area (Å²) in [6, 6.07) is 3.88. The van der Waals surface area contributed by atoms with Crippen LogP contribution in [0, 0.1) is 0 Å². The monoisotopic (exact) mass is 422 g/mol. The van der Waals surface area contributed by atoms with Crippen molar-refractivity contribution in [3.05, 3.63) is 23.1 Å². The lowest BCUT2D eigenvalue weighted by Crippen LogP contribution is -2.47. The number of aliphatic imine (C=N–C) groups is 1. The van der Waals surface area contributed by atoms with Crippen molar-refractivity contribution in [1.29, 1.82) is 0 Å². The van der Waals surface area contributed by atoms with E-state index in [-0.39, 0.29) is 5.96 Å². The van der Waals surface area contributed by atoms with Crippen molar-refractivity contribution in [2.75, 3.05) is 18.8 Å². The molecule has 0 saturated heterocycles. The molecule has 2 amide bonds. The van der Waals surface area contributed by atoms with Gasteiger partial charge in [0.2, 0.25) is 5.96 Å². The molecular formula is C20H30N4O4S. The fraction of sp³-hybridized carbons (Fsp3) is 0.550. The first-order valence-electron chi connectivity index (χ1n) is 9.44. The molecule has 0 aliphatic carbocycles. The Labute approximate surface area is 175 Å². The van der Waals surface area contributed by atoms with E-state index >= 15 is 0 Å². The molecule has 1 aromatic heterocycles. The van der Waals surface area contributed by atoms with Crippen LogP contribution in [0.25, 0.3) is 5.57 Å². The van der Waals surface area contributed by atoms with E-state index < -0.39 is 23.4 Å². The molecule has 0 spiro atoms. The quantitative estimate of drug-likeness (QED) is 0.518. The normalized spacial score (nSPS) is 15.6. The second kappa shape index (κ2) is 8.86. The molecule has 0 atom stereocenters. The van der Waals surface area contributed by atoms with Gasteiger partial charge in [0.25, 0.3) is 0 Å². The number of nitrogens with zero attached hydrogens (tertiary/aromatic N) is 2. The third-order valence-electron chi connectivity index (χ3n) is 3.66. The number of amides is 2. The second-order valence-electron chi connectivity index (χ2n) is 8.67. The zero-order valence-electron chi connectivity index (χ0n) is 17.9. The molecule has 9 heteroatoms. The SMILES string of the molecule is CC(C)(C)OC(=O)N=C(NC(=O)OC(C)(C)C)N1CC=C(c2ccc(N)s2)CC1. The van der Waals surface area contributed by atoms with E-state index in [1.807, 2.05) is 18.2 Å². The average molecular weight is 423 g/mol. The van der Waals surface area contributed by atoms with Crippen molar-refractivity contribution >= 4 is 40.1 Å². The van der Waals surface area contributed by atoms with Crippen molar-refractivity contribution in [2.24, 2.45) is 4.99 Å². The number of carbonyl (C=O) groups is 2. The number of nitrogens with one attached hydrogen (secondary N) is 1. The van der Waals surface area contributed by atoms with Gasteiger partial charge >= 0.3 is 12.2 Å². The molecular weight excluding hydrogens is 392 g/mol. The van der Waals surface area contributed by atoms with Crippen LogP contribution in [0.1, 0.15) is 52.8 Å². The molecule has 2 rings (SSSR count). The number of nitrogen functional groups attached to an aromatic ring is 1. The van der Waals surface area contributed by atoms with Gasteiger partial charge < -0.3 is 20.1 Å². The Morgan fingerprint density at radius 3 is 2.28 bits per heavy atom. The van der Waals surface area contributed by atoms with E-state index in [1.165, 1.54) is 16.9 Å². The topological polar surface area (TPSA) is 106 Å². The Morgan fingerprint density at radius 2 is 1.79 bits per heavy atom. The van der Waals surface area contributed by atoms with Crippen LogP contribution in [-0.2, 0) is 9.47 Å². The van der Waals surface area contributed by atoms with Crippen molar-refractivity contribution in [3.63, 3.8) is 0 Å². The summed E-state index contributed by atoms with van der Waals surface area (Å²) in [5, 5.41) is 3.35. The van der Waals surface area contributed by atoms with Crippen molar-refractivity contribution < 1.29 is 19.1 Å². The third kappa shape index (κ3) is 7.77. The molecule has 0 aromatic carbocycles. The fourth-order valence-corrected chi connectivity index (χ4v) is 3.40. The van der Waals surface area contributed by atoms with Gasteiger partial charge in [-0.2, -0.15) is 0 Å². The molecule has 1 aromatic rings. The standard InChI is InChI=1S/C20H30N4O4S/c1-19(2,3)27-17(25)22-16(23-18(26)28-20(4,5)6)24-11-9-13(10-12-24)14-7-8-15(21)29-14/h7-9H,10-12,21H2,1-6H3,(H,22,23,25,26). The minimum Gasteiger partial charge on any atom is -0.444 e. The average Bonchev–Trinajstić information content (AvgIpc) is 2.97. The Hall–Kier alpha value is -2.55. The molecule has 29 heavy (non-hydrogen) atoms. The van der Waals surface area contributed by atoms with Gasteiger partial charge in [-0.3, -0.25) is 5.32 Å². The lowest BCUT2D eigenvalue weighted by Gasteiger charge is -2.30. The first kappa shape index (κ1) is 22.7. The maximum absolute atomic E-state index is 12.2. The minimum atomic E-state index is -0.774. The van der Waals surface area contributed by atoms with Gasteiger partial charge in [0.1, 0.15) is 11.2 Å². The second-order valence-corrected chi connectivity index (χ2v) is 9.79. The van der Waals surface area contributed by atoms with E-state index in [0.717, 1.165) is 16.3 Å². The van der Waals surface area contributed by atoms with Crippen molar-refractivity contribution in [3.8, 4) is 0 Å². The van der Waals surface area contributed by atoms with Crippen LogP contribution in [-0.4, -0.2) is 47.3 Å². The maximum Gasteiger partial charge on any atom is 0.437 e. The Balaban J connectivity index is 2.17. The van der Waals surface area contributed by atoms with Gasteiger partial charge in [-0.25, -0.2) is 9.59 Å². The highest BCUT2D eigenvalue weighted by Crippen LogP contribution is 2.30. The molecule has 1 aliphatic rings. The van der Waals surface area contributed by atoms with Crippen molar-refractivity contribution in [1.82, 2.24) is 10.2 Å². The third-order valence-corrected chi connectivity index (χ3v) is 4.65. The largest absolute Gasteiger partial charge is 0.444 e. The summed E-state index contributed by atoms with van der Waals surface area (Å²) >= 11 is 1.53. The summed E-state index contributed by atoms with van der Waals surface area (Å²) in [7, 11) is 0. The van der Waals surface area contributed by atoms with E-state index in [2.05, 4.69) is 10.3 Å². The van der Waals surface area contributed by atoms with E-state index in [4.69, 9.17) is 15.2 Å². The number of ether oxygens (including phenoxy) is 2. The lowest BCUT2D eigenvalue weighted by atomic mass is 10.1. The molecule has 0 fully saturated rings. The van der Waals surface area contributed by atoms with Crippen LogP contribution < -0.4 is 11.1 Å². The Bertz CT molecular complexity index is 815. The van der Waals surface area contributed by atoms with Gasteiger partial charge in [0.05, 0.1) is 5.00 Å². The number of nitrogens with two attached hydrogens (primary N) is 1. The molecule has 0 bridgehead atoms. The number of anilines is 1. The molecule has 2 heterocycles. The molecule has 3 N–H and O–H groups in total. The molecule has 160 valence electrons. The van der Waals surface area contributed by atoms with Gasteiger partial charge in [0, 0.05) is 18.0 Å². The number of thiophene rings is 1. The van der Waals surface area contributed by atoms with Crippen LogP contribution in [0.15, 0.2) is 23.2 Å². The van der Waals surface area contributed by atoms with E-state index in [1.54, 1.807) is 46.4 Å². The highest BCUT2D eigenvalue weighted by molar-refractivity contribution is 7.16. The zero-order valence-corrected chi connectivity index (χ0v) is 18.7. The summed E-state index contributed by atoms with van der Waals surface area (Å²) in [5.74, 6) is 0.106. The molecule has 1 aliphatic heterocycles. The van der Waals surface area contributed by atoms with Crippen molar-refractivity contribution in [2.45, 2.75) is 59.2 Å². The van der Waals surface area contributed by atoms with Gasteiger partial charge in [0.15, 0.2) is 0 Å². The Kier molecular flexibility index (Phi) is 6.94. The molecule has 8 nitrogen and oxygen atoms in total.